The number of aromatic nitrogens is 2. The number of aromatic amines is 1. The van der Waals surface area contributed by atoms with Gasteiger partial charge in [-0.15, -0.1) is 0 Å². The van der Waals surface area contributed by atoms with E-state index >= 15 is 0 Å². The highest BCUT2D eigenvalue weighted by Crippen LogP contribution is 1.98. The maximum Gasteiger partial charge on any atom is 0.309 e. The van der Waals surface area contributed by atoms with Gasteiger partial charge in [-0.2, -0.15) is 0 Å². The molecule has 5 heteroatoms. The van der Waals surface area contributed by atoms with Crippen LogP contribution in [0.2, 0.25) is 0 Å². The van der Waals surface area contributed by atoms with Gasteiger partial charge >= 0.3 is 5.97 Å². The van der Waals surface area contributed by atoms with Crippen LogP contribution < -0.4 is 5.56 Å². The Kier molecular flexibility index (Phi) is 2.03. The molecular weight excluding hydrogens is 160 g/mol. The zero-order valence-corrected chi connectivity index (χ0v) is 6.92. The number of hydrogen-bond donors (Lipinski definition) is 2. The summed E-state index contributed by atoms with van der Waals surface area (Å²) in [5.74, 6) is -0.944. The second kappa shape index (κ2) is 2.84. The van der Waals surface area contributed by atoms with Crippen molar-refractivity contribution in [1.29, 1.82) is 0 Å². The molecule has 0 radical (unpaired) electrons. The molecule has 66 valence electrons. The number of H-pyrrole nitrogens is 1. The highest BCUT2D eigenvalue weighted by atomic mass is 16.4. The van der Waals surface area contributed by atoms with E-state index in [0.29, 0.717) is 11.3 Å². The third kappa shape index (κ3) is 1.39. The minimum atomic E-state index is -0.944. The van der Waals surface area contributed by atoms with Gasteiger partial charge in [-0.05, 0) is 6.92 Å². The van der Waals surface area contributed by atoms with Crippen LogP contribution >= 0.6 is 0 Å². The Morgan fingerprint density at radius 1 is 1.67 bits per heavy atom. The van der Waals surface area contributed by atoms with Gasteiger partial charge in [0.2, 0.25) is 0 Å². The van der Waals surface area contributed by atoms with Gasteiger partial charge in [0.1, 0.15) is 0 Å². The van der Waals surface area contributed by atoms with Crippen LogP contribution in [0.3, 0.4) is 0 Å². The van der Waals surface area contributed by atoms with Gasteiger partial charge < -0.3 is 5.11 Å². The standard InChI is InChI=1S/C7H10N2O3/c1-4-5(3-6(10)11)8-9(2)7(4)12/h8H,3H2,1-2H3,(H,10,11). The number of nitrogens with one attached hydrogen (secondary N) is 1. The maximum atomic E-state index is 11.1. The average Bonchev–Trinajstić information content (AvgIpc) is 2.17. The first-order chi connectivity index (χ1) is 5.52. The van der Waals surface area contributed by atoms with Crippen LogP contribution in [0.15, 0.2) is 4.79 Å². The van der Waals surface area contributed by atoms with E-state index in [9.17, 15) is 9.59 Å². The van der Waals surface area contributed by atoms with Crippen LogP contribution in [-0.4, -0.2) is 20.9 Å². The Bertz CT molecular complexity index is 361. The van der Waals surface area contributed by atoms with Crippen molar-refractivity contribution in [3.8, 4) is 0 Å². The molecule has 12 heavy (non-hydrogen) atoms. The molecule has 1 aromatic heterocycles. The molecule has 1 heterocycles. The third-order valence-corrected chi connectivity index (χ3v) is 1.71. The molecule has 0 spiro atoms. The molecule has 1 rings (SSSR count). The Morgan fingerprint density at radius 3 is 2.58 bits per heavy atom. The lowest BCUT2D eigenvalue weighted by Gasteiger charge is -1.91. The van der Waals surface area contributed by atoms with E-state index < -0.39 is 5.97 Å². The second-order valence-electron chi connectivity index (χ2n) is 2.65. The molecule has 5 nitrogen and oxygen atoms in total. The number of nitrogens with zero attached hydrogens (tertiary/aromatic N) is 1. The van der Waals surface area contributed by atoms with Gasteiger partial charge in [0.05, 0.1) is 12.1 Å². The van der Waals surface area contributed by atoms with Crippen molar-refractivity contribution in [1.82, 2.24) is 9.78 Å². The summed E-state index contributed by atoms with van der Waals surface area (Å²) < 4.78 is 1.27. The lowest BCUT2D eigenvalue weighted by Crippen LogP contribution is -2.13. The summed E-state index contributed by atoms with van der Waals surface area (Å²) in [6.45, 7) is 1.61. The summed E-state index contributed by atoms with van der Waals surface area (Å²) in [6.07, 6.45) is -0.137. The fraction of sp³-hybridized carbons (Fsp3) is 0.429. The summed E-state index contributed by atoms with van der Waals surface area (Å²) in [5, 5.41) is 11.1. The monoisotopic (exact) mass is 170 g/mol. The summed E-state index contributed by atoms with van der Waals surface area (Å²) in [6, 6.07) is 0. The second-order valence-corrected chi connectivity index (χ2v) is 2.65. The van der Waals surface area contributed by atoms with E-state index in [1.165, 1.54) is 4.68 Å². The van der Waals surface area contributed by atoms with Gasteiger partial charge in [-0.3, -0.25) is 19.4 Å². The molecule has 0 bridgehead atoms. The highest BCUT2D eigenvalue weighted by Gasteiger charge is 2.10. The summed E-state index contributed by atoms with van der Waals surface area (Å²) >= 11 is 0. The normalized spacial score (nSPS) is 10.2. The minimum absolute atomic E-state index is 0.137. The number of rotatable bonds is 2. The van der Waals surface area contributed by atoms with Crippen LogP contribution in [0.25, 0.3) is 0 Å². The van der Waals surface area contributed by atoms with E-state index in [1.807, 2.05) is 0 Å². The first-order valence-corrected chi connectivity index (χ1v) is 3.48. The van der Waals surface area contributed by atoms with E-state index in [4.69, 9.17) is 5.11 Å². The average molecular weight is 170 g/mol. The van der Waals surface area contributed by atoms with Crippen molar-refractivity contribution in [3.63, 3.8) is 0 Å². The maximum absolute atomic E-state index is 11.1. The molecule has 0 fully saturated rings. The predicted molar refractivity (Wildman–Crippen MR) is 42.1 cm³/mol. The molecular formula is C7H10N2O3. The Balaban J connectivity index is 3.10. The van der Waals surface area contributed by atoms with Crippen molar-refractivity contribution in [2.45, 2.75) is 13.3 Å². The lowest BCUT2D eigenvalue weighted by atomic mass is 10.2. The van der Waals surface area contributed by atoms with Crippen molar-refractivity contribution in [2.24, 2.45) is 7.05 Å². The SMILES string of the molecule is Cc1c(CC(=O)O)[nH]n(C)c1=O. The molecule has 0 aliphatic rings. The van der Waals surface area contributed by atoms with Gasteiger partial charge in [0.25, 0.3) is 5.56 Å². The van der Waals surface area contributed by atoms with Crippen molar-refractivity contribution in [2.75, 3.05) is 0 Å². The van der Waals surface area contributed by atoms with Crippen LogP contribution in [0.5, 0.6) is 0 Å². The van der Waals surface area contributed by atoms with Crippen LogP contribution in [0.1, 0.15) is 11.3 Å². The van der Waals surface area contributed by atoms with Crippen LogP contribution in [-0.2, 0) is 18.3 Å². The molecule has 0 amide bonds. The number of carbonyl (C=O) groups is 1. The summed E-state index contributed by atoms with van der Waals surface area (Å²) in [7, 11) is 1.56. The lowest BCUT2D eigenvalue weighted by molar-refractivity contribution is -0.136. The molecule has 0 saturated heterocycles. The topological polar surface area (TPSA) is 75.1 Å². The van der Waals surface area contributed by atoms with Gasteiger partial charge in [0, 0.05) is 12.6 Å². The van der Waals surface area contributed by atoms with Crippen molar-refractivity contribution < 1.29 is 9.90 Å². The zero-order chi connectivity index (χ0) is 9.30. The van der Waals surface area contributed by atoms with Crippen molar-refractivity contribution >= 4 is 5.97 Å². The summed E-state index contributed by atoms with van der Waals surface area (Å²) in [5.41, 5.74) is 0.765. The van der Waals surface area contributed by atoms with E-state index in [2.05, 4.69) is 5.10 Å². The van der Waals surface area contributed by atoms with Crippen LogP contribution in [0, 0.1) is 6.92 Å². The van der Waals surface area contributed by atoms with Gasteiger partial charge in [-0.1, -0.05) is 0 Å². The molecule has 0 aromatic carbocycles. The number of carboxylic acids is 1. The van der Waals surface area contributed by atoms with Gasteiger partial charge in [-0.25, -0.2) is 0 Å². The molecule has 0 aliphatic carbocycles. The quantitative estimate of drug-likeness (QED) is 0.637. The van der Waals surface area contributed by atoms with Gasteiger partial charge in [0.15, 0.2) is 0 Å². The Hall–Kier alpha value is -1.52. The predicted octanol–water partition coefficient (Wildman–Crippen LogP) is -0.351. The number of hydrogen-bond acceptors (Lipinski definition) is 2. The molecule has 0 saturated carbocycles. The third-order valence-electron chi connectivity index (χ3n) is 1.71. The van der Waals surface area contributed by atoms with E-state index in [-0.39, 0.29) is 12.0 Å². The van der Waals surface area contributed by atoms with E-state index in [1.54, 1.807) is 14.0 Å². The first kappa shape index (κ1) is 8.58. The molecule has 0 atom stereocenters. The Morgan fingerprint density at radius 2 is 2.25 bits per heavy atom. The molecule has 0 unspecified atom stereocenters. The molecule has 1 aromatic rings. The first-order valence-electron chi connectivity index (χ1n) is 3.48. The number of aliphatic carboxylic acids is 1. The molecule has 2 N–H and O–H groups in total. The van der Waals surface area contributed by atoms with Crippen LogP contribution in [0.4, 0.5) is 0 Å². The number of carboxylic acid groups (broad SMARTS) is 1. The minimum Gasteiger partial charge on any atom is -0.481 e. The fourth-order valence-electron chi connectivity index (χ4n) is 1.04. The summed E-state index contributed by atoms with van der Waals surface area (Å²) in [4.78, 5) is 21.4. The molecule has 0 aliphatic heterocycles. The smallest absolute Gasteiger partial charge is 0.309 e. The highest BCUT2D eigenvalue weighted by molar-refractivity contribution is 5.69. The van der Waals surface area contributed by atoms with E-state index in [0.717, 1.165) is 0 Å². The Labute approximate surface area is 68.6 Å². The fourth-order valence-corrected chi connectivity index (χ4v) is 1.04. The number of aryl methyl sites for hydroxylation is 1. The van der Waals surface area contributed by atoms with Crippen molar-refractivity contribution in [3.05, 3.63) is 21.6 Å². The zero-order valence-electron chi connectivity index (χ0n) is 6.92. The largest absolute Gasteiger partial charge is 0.481 e.